The summed E-state index contributed by atoms with van der Waals surface area (Å²) in [6.07, 6.45) is 1.91. The maximum Gasteiger partial charge on any atom is 0.231 e. The summed E-state index contributed by atoms with van der Waals surface area (Å²) in [7, 11) is 0. The quantitative estimate of drug-likeness (QED) is 0.544. The van der Waals surface area contributed by atoms with Crippen LogP contribution in [0.4, 0.5) is 10.2 Å². The molecule has 0 spiro atoms. The van der Waals surface area contributed by atoms with Gasteiger partial charge in [0.2, 0.25) is 11.7 Å². The zero-order valence-corrected chi connectivity index (χ0v) is 14.2. The number of aromatic nitrogens is 7. The number of halogens is 1. The average molecular weight is 366 g/mol. The summed E-state index contributed by atoms with van der Waals surface area (Å²) >= 11 is 0. The molecule has 10 heteroatoms. The van der Waals surface area contributed by atoms with Gasteiger partial charge < -0.3 is 9.42 Å². The van der Waals surface area contributed by atoms with Gasteiger partial charge in [-0.3, -0.25) is 0 Å². The highest BCUT2D eigenvalue weighted by Crippen LogP contribution is 2.29. The Morgan fingerprint density at radius 2 is 2.15 bits per heavy atom. The van der Waals surface area contributed by atoms with Crippen LogP contribution in [0.5, 0.6) is 0 Å². The monoisotopic (exact) mass is 366 g/mol. The van der Waals surface area contributed by atoms with Gasteiger partial charge in [-0.25, -0.2) is 4.39 Å². The lowest BCUT2D eigenvalue weighted by molar-refractivity contribution is 0.333. The van der Waals surface area contributed by atoms with Crippen LogP contribution >= 0.6 is 0 Å². The Bertz CT molecular complexity index is 1090. The minimum absolute atomic E-state index is 0.0833. The topological polar surface area (TPSA) is 98.1 Å². The molecule has 1 aliphatic rings. The van der Waals surface area contributed by atoms with Crippen LogP contribution in [0.15, 0.2) is 40.9 Å². The highest BCUT2D eigenvalue weighted by molar-refractivity contribution is 5.54. The van der Waals surface area contributed by atoms with Crippen molar-refractivity contribution in [2.75, 3.05) is 18.0 Å². The van der Waals surface area contributed by atoms with Crippen molar-refractivity contribution in [1.29, 1.82) is 0 Å². The molecule has 27 heavy (non-hydrogen) atoms. The minimum Gasteiger partial charge on any atom is -0.354 e. The van der Waals surface area contributed by atoms with Crippen LogP contribution in [-0.2, 0) is 0 Å². The number of nitrogens with zero attached hydrogens (tertiary/aromatic N) is 8. The van der Waals surface area contributed by atoms with Gasteiger partial charge in [-0.2, -0.15) is 4.98 Å². The Kier molecular flexibility index (Phi) is 3.73. The number of fused-ring (bicyclic) bond motifs is 1. The second-order valence-electron chi connectivity index (χ2n) is 6.47. The minimum atomic E-state index is -0.327. The highest BCUT2D eigenvalue weighted by Gasteiger charge is 2.27. The lowest BCUT2D eigenvalue weighted by Gasteiger charge is -2.31. The van der Waals surface area contributed by atoms with E-state index in [4.69, 9.17) is 4.52 Å². The first kappa shape index (κ1) is 15.8. The van der Waals surface area contributed by atoms with E-state index in [0.717, 1.165) is 25.2 Å². The fourth-order valence-corrected chi connectivity index (χ4v) is 3.34. The first-order valence-corrected chi connectivity index (χ1v) is 8.66. The fraction of sp³-hybridized carbons (Fsp3) is 0.294. The Morgan fingerprint density at radius 1 is 1.19 bits per heavy atom. The summed E-state index contributed by atoms with van der Waals surface area (Å²) in [5.41, 5.74) is 1.20. The van der Waals surface area contributed by atoms with E-state index in [1.165, 1.54) is 16.8 Å². The van der Waals surface area contributed by atoms with Gasteiger partial charge in [-0.1, -0.05) is 17.3 Å². The van der Waals surface area contributed by atoms with Gasteiger partial charge in [0, 0.05) is 18.7 Å². The number of piperidine rings is 1. The van der Waals surface area contributed by atoms with E-state index >= 15 is 0 Å². The Balaban J connectivity index is 1.38. The number of anilines is 1. The van der Waals surface area contributed by atoms with Gasteiger partial charge in [0.25, 0.3) is 0 Å². The van der Waals surface area contributed by atoms with Gasteiger partial charge in [0.05, 0.1) is 5.92 Å². The van der Waals surface area contributed by atoms with Crippen LogP contribution in [0.1, 0.15) is 24.7 Å². The summed E-state index contributed by atoms with van der Waals surface area (Å²) in [6.45, 7) is 1.58. The van der Waals surface area contributed by atoms with E-state index in [1.807, 2.05) is 12.1 Å². The summed E-state index contributed by atoms with van der Waals surface area (Å²) in [5, 5.41) is 19.8. The predicted molar refractivity (Wildman–Crippen MR) is 92.5 cm³/mol. The van der Waals surface area contributed by atoms with Crippen molar-refractivity contribution in [1.82, 2.24) is 35.4 Å². The standard InChI is InChI=1S/C17H15FN8O/c18-13-5-1-3-11(9-13)16-19-17(27-22-16)12-4-2-8-25(10-12)15-7-6-14-20-23-24-26(14)21-15/h1,3,5-7,9,12H,2,4,8,10H2. The van der Waals surface area contributed by atoms with Crippen LogP contribution in [0, 0.1) is 5.82 Å². The van der Waals surface area contributed by atoms with Crippen molar-refractivity contribution >= 4 is 11.5 Å². The average Bonchev–Trinajstić information content (AvgIpc) is 3.37. The Labute approximate surface area is 152 Å². The molecule has 0 amide bonds. The van der Waals surface area contributed by atoms with Crippen molar-refractivity contribution in [3.63, 3.8) is 0 Å². The zero-order chi connectivity index (χ0) is 18.2. The molecule has 1 aromatic carbocycles. The molecule has 1 atom stereocenters. The third-order valence-electron chi connectivity index (χ3n) is 4.67. The van der Waals surface area contributed by atoms with E-state index in [0.29, 0.717) is 29.5 Å². The van der Waals surface area contributed by atoms with E-state index in [-0.39, 0.29) is 11.7 Å². The third kappa shape index (κ3) is 2.98. The van der Waals surface area contributed by atoms with Gasteiger partial charge in [0.1, 0.15) is 5.82 Å². The van der Waals surface area contributed by atoms with Gasteiger partial charge in [-0.15, -0.1) is 14.8 Å². The number of hydrogen-bond acceptors (Lipinski definition) is 8. The van der Waals surface area contributed by atoms with E-state index < -0.39 is 0 Å². The molecule has 1 fully saturated rings. The van der Waals surface area contributed by atoms with Crippen LogP contribution < -0.4 is 4.90 Å². The van der Waals surface area contributed by atoms with Crippen molar-refractivity contribution < 1.29 is 8.91 Å². The molecule has 0 aliphatic carbocycles. The zero-order valence-electron chi connectivity index (χ0n) is 14.2. The second kappa shape index (κ2) is 6.38. The first-order valence-electron chi connectivity index (χ1n) is 8.66. The third-order valence-corrected chi connectivity index (χ3v) is 4.67. The smallest absolute Gasteiger partial charge is 0.231 e. The lowest BCUT2D eigenvalue weighted by Crippen LogP contribution is -2.35. The van der Waals surface area contributed by atoms with Gasteiger partial charge in [-0.05, 0) is 47.5 Å². The summed E-state index contributed by atoms with van der Waals surface area (Å²) in [5.74, 6) is 1.51. The van der Waals surface area contributed by atoms with Crippen LogP contribution in [0.3, 0.4) is 0 Å². The molecule has 4 heterocycles. The number of hydrogen-bond donors (Lipinski definition) is 0. The molecule has 0 saturated carbocycles. The predicted octanol–water partition coefficient (Wildman–Crippen LogP) is 2.09. The van der Waals surface area contributed by atoms with Crippen molar-refractivity contribution in [2.24, 2.45) is 0 Å². The first-order chi connectivity index (χ1) is 13.3. The second-order valence-corrected chi connectivity index (χ2v) is 6.47. The summed E-state index contributed by atoms with van der Waals surface area (Å²) in [4.78, 5) is 6.64. The normalized spacial score (nSPS) is 17.5. The molecule has 5 rings (SSSR count). The Hall–Kier alpha value is -3.43. The molecular weight excluding hydrogens is 351 g/mol. The summed E-state index contributed by atoms with van der Waals surface area (Å²) < 4.78 is 20.3. The Morgan fingerprint density at radius 3 is 3.07 bits per heavy atom. The maximum atomic E-state index is 13.4. The van der Waals surface area contributed by atoms with Crippen LogP contribution in [-0.4, -0.2) is 48.5 Å². The molecule has 3 aromatic heterocycles. The SMILES string of the molecule is Fc1cccc(-c2noc(C3CCCN(c4ccc5nnnn5n4)C3)n2)c1. The van der Waals surface area contributed by atoms with E-state index in [9.17, 15) is 4.39 Å². The van der Waals surface area contributed by atoms with E-state index in [1.54, 1.807) is 12.1 Å². The van der Waals surface area contributed by atoms with Crippen molar-refractivity contribution in [3.05, 3.63) is 48.1 Å². The van der Waals surface area contributed by atoms with Crippen molar-refractivity contribution in [3.8, 4) is 11.4 Å². The number of rotatable bonds is 3. The van der Waals surface area contributed by atoms with Crippen LogP contribution in [0.25, 0.3) is 17.0 Å². The molecule has 0 N–H and O–H groups in total. The van der Waals surface area contributed by atoms with Gasteiger partial charge in [0.15, 0.2) is 11.5 Å². The molecule has 9 nitrogen and oxygen atoms in total. The molecule has 4 aromatic rings. The van der Waals surface area contributed by atoms with Crippen LogP contribution in [0.2, 0.25) is 0 Å². The molecule has 1 unspecified atom stereocenters. The molecule has 1 aliphatic heterocycles. The molecule has 0 bridgehead atoms. The largest absolute Gasteiger partial charge is 0.354 e. The van der Waals surface area contributed by atoms with Crippen molar-refractivity contribution in [2.45, 2.75) is 18.8 Å². The molecular formula is C17H15FN8O. The summed E-state index contributed by atoms with van der Waals surface area (Å²) in [6, 6.07) is 9.91. The maximum absolute atomic E-state index is 13.4. The number of benzene rings is 1. The highest BCUT2D eigenvalue weighted by atomic mass is 19.1. The van der Waals surface area contributed by atoms with Gasteiger partial charge >= 0.3 is 0 Å². The molecule has 136 valence electrons. The lowest BCUT2D eigenvalue weighted by atomic mass is 9.98. The molecule has 0 radical (unpaired) electrons. The number of tetrazole rings is 1. The fourth-order valence-electron chi connectivity index (χ4n) is 3.34. The molecule has 1 saturated heterocycles. The van der Waals surface area contributed by atoms with E-state index in [2.05, 4.69) is 35.7 Å².